The normalized spacial score (nSPS) is 22.7. The molecule has 1 atom stereocenters. The van der Waals surface area contributed by atoms with E-state index in [2.05, 4.69) is 0 Å². The summed E-state index contributed by atoms with van der Waals surface area (Å²) >= 11 is 7.15. The molecule has 16 heavy (non-hydrogen) atoms. The second-order valence-electron chi connectivity index (χ2n) is 3.79. The fourth-order valence-electron chi connectivity index (χ4n) is 2.05. The summed E-state index contributed by atoms with van der Waals surface area (Å²) in [5.74, 6) is 0.201. The Morgan fingerprint density at radius 2 is 2.38 bits per heavy atom. The SMILES string of the molecule is O=S(=O)(CCCl)N1CCCC1c1cccs1. The molecular weight excluding hydrogens is 266 g/mol. The Morgan fingerprint density at radius 1 is 1.56 bits per heavy atom. The van der Waals surface area contributed by atoms with Gasteiger partial charge in [-0.3, -0.25) is 0 Å². The van der Waals surface area contributed by atoms with Crippen molar-refractivity contribution >= 4 is 33.0 Å². The second-order valence-corrected chi connectivity index (χ2v) is 7.19. The van der Waals surface area contributed by atoms with Crippen LogP contribution in [0.1, 0.15) is 23.8 Å². The summed E-state index contributed by atoms with van der Waals surface area (Å²) in [4.78, 5) is 1.13. The molecule has 0 radical (unpaired) electrons. The van der Waals surface area contributed by atoms with Crippen LogP contribution in [-0.2, 0) is 10.0 Å². The molecule has 1 aliphatic heterocycles. The van der Waals surface area contributed by atoms with E-state index in [0.717, 1.165) is 17.7 Å². The fourth-order valence-corrected chi connectivity index (χ4v) is 5.02. The highest BCUT2D eigenvalue weighted by atomic mass is 35.5. The summed E-state index contributed by atoms with van der Waals surface area (Å²) in [6, 6.07) is 4.00. The first-order valence-electron chi connectivity index (χ1n) is 5.24. The van der Waals surface area contributed by atoms with Crippen LogP contribution in [0.15, 0.2) is 17.5 Å². The first kappa shape index (κ1) is 12.4. The smallest absolute Gasteiger partial charge is 0.212 e. The molecular formula is C10H14ClNO2S2. The number of hydrogen-bond acceptors (Lipinski definition) is 3. The molecule has 0 aliphatic carbocycles. The fraction of sp³-hybridized carbons (Fsp3) is 0.600. The Balaban J connectivity index is 2.22. The average molecular weight is 280 g/mol. The number of alkyl halides is 1. The molecule has 0 aromatic carbocycles. The maximum atomic E-state index is 12.0. The van der Waals surface area contributed by atoms with Gasteiger partial charge in [0.1, 0.15) is 0 Å². The molecule has 1 saturated heterocycles. The molecule has 0 saturated carbocycles. The van der Waals surface area contributed by atoms with Crippen molar-refractivity contribution in [3.63, 3.8) is 0 Å². The monoisotopic (exact) mass is 279 g/mol. The number of nitrogens with zero attached hydrogens (tertiary/aromatic N) is 1. The molecule has 0 amide bonds. The molecule has 0 spiro atoms. The highest BCUT2D eigenvalue weighted by molar-refractivity contribution is 7.89. The van der Waals surface area contributed by atoms with Crippen LogP contribution in [0, 0.1) is 0 Å². The van der Waals surface area contributed by atoms with Crippen LogP contribution in [-0.4, -0.2) is 30.9 Å². The van der Waals surface area contributed by atoms with Crippen LogP contribution < -0.4 is 0 Å². The van der Waals surface area contributed by atoms with E-state index in [1.54, 1.807) is 15.6 Å². The Bertz CT molecular complexity index is 430. The van der Waals surface area contributed by atoms with Gasteiger partial charge in [-0.2, -0.15) is 4.31 Å². The van der Waals surface area contributed by atoms with Gasteiger partial charge in [0.05, 0.1) is 11.8 Å². The Hall–Kier alpha value is -0.100. The van der Waals surface area contributed by atoms with Crippen LogP contribution in [0.4, 0.5) is 0 Å². The lowest BCUT2D eigenvalue weighted by Crippen LogP contribution is -2.32. The third kappa shape index (κ3) is 2.42. The first-order valence-corrected chi connectivity index (χ1v) is 8.26. The van der Waals surface area contributed by atoms with Gasteiger partial charge in [0.15, 0.2) is 0 Å². The van der Waals surface area contributed by atoms with Gasteiger partial charge in [-0.15, -0.1) is 22.9 Å². The molecule has 1 unspecified atom stereocenters. The minimum absolute atomic E-state index is 0.0354. The van der Waals surface area contributed by atoms with Crippen LogP contribution >= 0.6 is 22.9 Å². The summed E-state index contributed by atoms with van der Waals surface area (Å²) in [5.41, 5.74) is 0. The third-order valence-electron chi connectivity index (χ3n) is 2.77. The van der Waals surface area contributed by atoms with Crippen LogP contribution in [0.25, 0.3) is 0 Å². The van der Waals surface area contributed by atoms with Crippen molar-refractivity contribution in [3.05, 3.63) is 22.4 Å². The lowest BCUT2D eigenvalue weighted by atomic mass is 10.2. The van der Waals surface area contributed by atoms with E-state index in [4.69, 9.17) is 11.6 Å². The summed E-state index contributed by atoms with van der Waals surface area (Å²) < 4.78 is 25.6. The van der Waals surface area contributed by atoms with Crippen molar-refractivity contribution in [1.82, 2.24) is 4.31 Å². The molecule has 2 rings (SSSR count). The third-order valence-corrected chi connectivity index (χ3v) is 6.03. The van der Waals surface area contributed by atoms with Crippen LogP contribution in [0.3, 0.4) is 0 Å². The van der Waals surface area contributed by atoms with E-state index in [-0.39, 0.29) is 17.7 Å². The standard InChI is InChI=1S/C10H14ClNO2S2/c11-5-8-16(13,14)12-6-1-3-9(12)10-4-2-7-15-10/h2,4,7,9H,1,3,5-6,8H2. The number of sulfonamides is 1. The van der Waals surface area contributed by atoms with Gasteiger partial charge in [0.2, 0.25) is 10.0 Å². The molecule has 2 heterocycles. The van der Waals surface area contributed by atoms with E-state index < -0.39 is 10.0 Å². The predicted octanol–water partition coefficient (Wildman–Crippen LogP) is 2.45. The van der Waals surface area contributed by atoms with Crippen molar-refractivity contribution in [2.75, 3.05) is 18.2 Å². The largest absolute Gasteiger partial charge is 0.215 e. The van der Waals surface area contributed by atoms with E-state index in [1.165, 1.54) is 0 Å². The van der Waals surface area contributed by atoms with Gasteiger partial charge < -0.3 is 0 Å². The molecule has 90 valence electrons. The Labute approximate surface area is 105 Å². The van der Waals surface area contributed by atoms with Crippen molar-refractivity contribution in [1.29, 1.82) is 0 Å². The number of hydrogen-bond donors (Lipinski definition) is 0. The Kier molecular flexibility index (Phi) is 3.89. The zero-order valence-electron chi connectivity index (χ0n) is 8.80. The van der Waals surface area contributed by atoms with E-state index in [9.17, 15) is 8.42 Å². The van der Waals surface area contributed by atoms with Crippen molar-refractivity contribution in [2.24, 2.45) is 0 Å². The lowest BCUT2D eigenvalue weighted by Gasteiger charge is -2.22. The molecule has 0 N–H and O–H groups in total. The molecule has 3 nitrogen and oxygen atoms in total. The van der Waals surface area contributed by atoms with Gasteiger partial charge in [0, 0.05) is 17.3 Å². The summed E-state index contributed by atoms with van der Waals surface area (Å²) in [5, 5.41) is 1.99. The van der Waals surface area contributed by atoms with E-state index >= 15 is 0 Å². The maximum Gasteiger partial charge on any atom is 0.215 e. The average Bonchev–Trinajstić information content (AvgIpc) is 2.88. The van der Waals surface area contributed by atoms with Crippen LogP contribution in [0.2, 0.25) is 0 Å². The molecule has 1 fully saturated rings. The highest BCUT2D eigenvalue weighted by Crippen LogP contribution is 2.36. The minimum Gasteiger partial charge on any atom is -0.212 e. The van der Waals surface area contributed by atoms with Crippen molar-refractivity contribution < 1.29 is 8.42 Å². The van der Waals surface area contributed by atoms with Crippen molar-refractivity contribution in [2.45, 2.75) is 18.9 Å². The minimum atomic E-state index is -3.18. The lowest BCUT2D eigenvalue weighted by molar-refractivity contribution is 0.402. The number of thiophene rings is 1. The number of halogens is 1. The quantitative estimate of drug-likeness (QED) is 0.794. The molecule has 0 bridgehead atoms. The second kappa shape index (κ2) is 5.04. The summed E-state index contributed by atoms with van der Waals surface area (Å²) in [6.45, 7) is 0.627. The van der Waals surface area contributed by atoms with E-state index in [1.807, 2.05) is 17.5 Å². The van der Waals surface area contributed by atoms with Crippen LogP contribution in [0.5, 0.6) is 0 Å². The zero-order valence-corrected chi connectivity index (χ0v) is 11.2. The first-order chi connectivity index (χ1) is 7.65. The van der Waals surface area contributed by atoms with Gasteiger partial charge in [-0.05, 0) is 24.3 Å². The van der Waals surface area contributed by atoms with Gasteiger partial charge in [0.25, 0.3) is 0 Å². The number of rotatable bonds is 4. The molecule has 1 aromatic heterocycles. The summed E-state index contributed by atoms with van der Waals surface area (Å²) in [6.07, 6.45) is 1.85. The maximum absolute atomic E-state index is 12.0. The molecule has 1 aliphatic rings. The van der Waals surface area contributed by atoms with Gasteiger partial charge in [-0.1, -0.05) is 6.07 Å². The Morgan fingerprint density at radius 3 is 3.00 bits per heavy atom. The summed E-state index contributed by atoms with van der Waals surface area (Å²) in [7, 11) is -3.18. The van der Waals surface area contributed by atoms with Gasteiger partial charge >= 0.3 is 0 Å². The molecule has 6 heteroatoms. The van der Waals surface area contributed by atoms with E-state index in [0.29, 0.717) is 6.54 Å². The van der Waals surface area contributed by atoms with Crippen molar-refractivity contribution in [3.8, 4) is 0 Å². The topological polar surface area (TPSA) is 37.4 Å². The van der Waals surface area contributed by atoms with Gasteiger partial charge in [-0.25, -0.2) is 8.42 Å². The highest BCUT2D eigenvalue weighted by Gasteiger charge is 2.34. The zero-order chi connectivity index (χ0) is 11.6. The predicted molar refractivity (Wildman–Crippen MR) is 67.5 cm³/mol. The molecule has 1 aromatic rings.